The number of alkyl halides is 3. The number of halogens is 4. The van der Waals surface area contributed by atoms with Crippen molar-refractivity contribution in [2.45, 2.75) is 61.8 Å². The Labute approximate surface area is 277 Å². The van der Waals surface area contributed by atoms with Gasteiger partial charge in [-0.25, -0.2) is 12.8 Å². The number of benzene rings is 4. The first-order valence-corrected chi connectivity index (χ1v) is 17.0. The average molecular weight is 682 g/mol. The van der Waals surface area contributed by atoms with Crippen molar-refractivity contribution >= 4 is 27.5 Å². The zero-order chi connectivity index (χ0) is 34.3. The van der Waals surface area contributed by atoms with Crippen LogP contribution in [-0.4, -0.2) is 43.8 Å². The van der Waals surface area contributed by atoms with Crippen molar-refractivity contribution in [1.82, 2.24) is 10.2 Å². The van der Waals surface area contributed by atoms with Crippen LogP contribution in [0.15, 0.2) is 114 Å². The van der Waals surface area contributed by atoms with Crippen LogP contribution in [0.2, 0.25) is 0 Å². The van der Waals surface area contributed by atoms with Gasteiger partial charge in [0.05, 0.1) is 16.1 Å². The summed E-state index contributed by atoms with van der Waals surface area (Å²) in [4.78, 5) is 29.3. The molecule has 48 heavy (non-hydrogen) atoms. The third kappa shape index (κ3) is 8.41. The van der Waals surface area contributed by atoms with Crippen molar-refractivity contribution in [2.75, 3.05) is 10.8 Å². The Balaban J connectivity index is 1.60. The number of anilines is 1. The van der Waals surface area contributed by atoms with E-state index in [1.54, 1.807) is 42.5 Å². The Bertz CT molecular complexity index is 1820. The number of sulfonamides is 1. The lowest BCUT2D eigenvalue weighted by Gasteiger charge is -2.34. The molecule has 252 valence electrons. The summed E-state index contributed by atoms with van der Waals surface area (Å²) in [6.45, 7) is -1.36. The first-order chi connectivity index (χ1) is 22.9. The fourth-order valence-electron chi connectivity index (χ4n) is 5.82. The number of carbonyl (C=O) groups is 2. The molecular weight excluding hydrogens is 646 g/mol. The van der Waals surface area contributed by atoms with Crippen LogP contribution >= 0.6 is 0 Å². The minimum atomic E-state index is -4.79. The zero-order valence-corrected chi connectivity index (χ0v) is 26.8. The van der Waals surface area contributed by atoms with Crippen molar-refractivity contribution in [3.63, 3.8) is 0 Å². The van der Waals surface area contributed by atoms with Gasteiger partial charge >= 0.3 is 6.18 Å². The van der Waals surface area contributed by atoms with Crippen LogP contribution in [0.4, 0.5) is 23.2 Å². The topological polar surface area (TPSA) is 86.8 Å². The lowest BCUT2D eigenvalue weighted by Crippen LogP contribution is -2.54. The van der Waals surface area contributed by atoms with Crippen molar-refractivity contribution in [1.29, 1.82) is 0 Å². The van der Waals surface area contributed by atoms with Crippen LogP contribution in [0.3, 0.4) is 0 Å². The molecule has 1 saturated carbocycles. The van der Waals surface area contributed by atoms with E-state index < -0.39 is 64.2 Å². The Morgan fingerprint density at radius 1 is 0.833 bits per heavy atom. The molecule has 5 rings (SSSR count). The molecule has 1 fully saturated rings. The van der Waals surface area contributed by atoms with Crippen LogP contribution in [0.1, 0.15) is 42.4 Å². The van der Waals surface area contributed by atoms with Crippen LogP contribution in [-0.2, 0) is 38.8 Å². The summed E-state index contributed by atoms with van der Waals surface area (Å²) in [5.74, 6) is -2.04. The second-order valence-corrected chi connectivity index (χ2v) is 13.5. The molecule has 1 atom stereocenters. The molecule has 0 aromatic heterocycles. The van der Waals surface area contributed by atoms with E-state index in [2.05, 4.69) is 5.32 Å². The van der Waals surface area contributed by atoms with Gasteiger partial charge in [0.1, 0.15) is 18.4 Å². The van der Waals surface area contributed by atoms with Crippen LogP contribution in [0, 0.1) is 5.82 Å². The van der Waals surface area contributed by atoms with E-state index in [9.17, 15) is 31.2 Å². The van der Waals surface area contributed by atoms with E-state index >= 15 is 4.39 Å². The summed E-state index contributed by atoms with van der Waals surface area (Å²) in [5.41, 5.74) is -0.735. The summed E-state index contributed by atoms with van der Waals surface area (Å²) in [5, 5.41) is 3.02. The third-order valence-corrected chi connectivity index (χ3v) is 10.1. The van der Waals surface area contributed by atoms with Gasteiger partial charge in [-0.15, -0.1) is 0 Å². The lowest BCUT2D eigenvalue weighted by atomic mass is 10.0. The molecule has 4 aromatic carbocycles. The highest BCUT2D eigenvalue weighted by Crippen LogP contribution is 2.33. The first-order valence-electron chi connectivity index (χ1n) is 15.6. The smallest absolute Gasteiger partial charge is 0.352 e. The van der Waals surface area contributed by atoms with Crippen LogP contribution < -0.4 is 9.62 Å². The molecule has 0 unspecified atom stereocenters. The van der Waals surface area contributed by atoms with E-state index in [0.717, 1.165) is 42.7 Å². The predicted molar refractivity (Wildman–Crippen MR) is 174 cm³/mol. The Morgan fingerprint density at radius 3 is 2.10 bits per heavy atom. The summed E-state index contributed by atoms with van der Waals surface area (Å²) < 4.78 is 85.0. The van der Waals surface area contributed by atoms with Crippen LogP contribution in [0.5, 0.6) is 0 Å². The molecule has 0 heterocycles. The second-order valence-electron chi connectivity index (χ2n) is 11.7. The summed E-state index contributed by atoms with van der Waals surface area (Å²) >= 11 is 0. The van der Waals surface area contributed by atoms with Crippen LogP contribution in [0.25, 0.3) is 0 Å². The minimum Gasteiger partial charge on any atom is -0.352 e. The van der Waals surface area contributed by atoms with E-state index in [-0.39, 0.29) is 22.9 Å². The minimum absolute atomic E-state index is 0.0224. The number of rotatable bonds is 12. The lowest BCUT2D eigenvalue weighted by molar-refractivity contribution is -0.140. The molecule has 1 N–H and O–H groups in total. The molecular formula is C36H35F4N3O4S. The highest BCUT2D eigenvalue weighted by molar-refractivity contribution is 7.92. The average Bonchev–Trinajstić information content (AvgIpc) is 3.59. The van der Waals surface area contributed by atoms with E-state index in [4.69, 9.17) is 0 Å². The molecule has 2 amide bonds. The Morgan fingerprint density at radius 2 is 1.46 bits per heavy atom. The summed E-state index contributed by atoms with van der Waals surface area (Å²) in [6.07, 6.45) is -1.41. The quantitative estimate of drug-likeness (QED) is 0.168. The fourth-order valence-corrected chi connectivity index (χ4v) is 7.24. The molecule has 0 saturated heterocycles. The van der Waals surface area contributed by atoms with Crippen molar-refractivity contribution in [2.24, 2.45) is 0 Å². The predicted octanol–water partition coefficient (Wildman–Crippen LogP) is 6.74. The van der Waals surface area contributed by atoms with Gasteiger partial charge in [0.25, 0.3) is 10.0 Å². The number of nitrogens with zero attached hydrogens (tertiary/aromatic N) is 2. The molecule has 1 aliphatic rings. The normalized spacial score (nSPS) is 14.3. The van der Waals surface area contributed by atoms with Crippen molar-refractivity contribution < 1.29 is 35.6 Å². The Kier molecular flexibility index (Phi) is 10.8. The van der Waals surface area contributed by atoms with Gasteiger partial charge in [0.15, 0.2) is 0 Å². The van der Waals surface area contributed by atoms with E-state index in [0.29, 0.717) is 15.9 Å². The maximum Gasteiger partial charge on any atom is 0.416 e. The van der Waals surface area contributed by atoms with Gasteiger partial charge in [-0.2, -0.15) is 13.2 Å². The standard InChI is InChI=1S/C36H35F4N3O4S/c37-32-21-10-7-14-27(32)24-42(33(22-26-12-3-1-4-13-26)35(45)41-29-16-8-9-17-29)34(44)25-43(48(46,47)31-19-5-2-6-20-31)30-18-11-15-28(23-30)36(38,39)40/h1-7,10-15,18-21,23,29,33H,8-9,16-17,22,24-25H2,(H,41,45)/t33-/m0/s1. The third-order valence-electron chi connectivity index (χ3n) is 8.34. The number of nitrogens with one attached hydrogen (secondary N) is 1. The van der Waals surface area contributed by atoms with Gasteiger partial charge in [-0.1, -0.05) is 85.6 Å². The molecule has 0 bridgehead atoms. The number of carbonyl (C=O) groups excluding carboxylic acids is 2. The molecule has 7 nitrogen and oxygen atoms in total. The SMILES string of the molecule is O=C(NC1CCCC1)[C@H](Cc1ccccc1)N(Cc1ccccc1F)C(=O)CN(c1cccc(C(F)(F)F)c1)S(=O)(=O)c1ccccc1. The first kappa shape index (κ1) is 34.6. The van der Waals surface area contributed by atoms with Crippen molar-refractivity contribution in [3.8, 4) is 0 Å². The highest BCUT2D eigenvalue weighted by Gasteiger charge is 2.37. The molecule has 0 radical (unpaired) electrons. The number of hydrogen-bond donors (Lipinski definition) is 1. The van der Waals surface area contributed by atoms with Gasteiger partial charge in [0.2, 0.25) is 11.8 Å². The molecule has 12 heteroatoms. The van der Waals surface area contributed by atoms with Gasteiger partial charge in [0, 0.05) is 24.6 Å². The maximum atomic E-state index is 15.1. The van der Waals surface area contributed by atoms with Gasteiger partial charge in [-0.05, 0) is 54.8 Å². The maximum absolute atomic E-state index is 15.1. The summed E-state index contributed by atoms with van der Waals surface area (Å²) in [6, 6.07) is 23.9. The Hall–Kier alpha value is -4.71. The number of amides is 2. The molecule has 0 spiro atoms. The number of hydrogen-bond acceptors (Lipinski definition) is 4. The van der Waals surface area contributed by atoms with Gasteiger partial charge < -0.3 is 10.2 Å². The van der Waals surface area contributed by atoms with Crippen molar-refractivity contribution in [3.05, 3.63) is 132 Å². The second kappa shape index (κ2) is 15.0. The molecule has 1 aliphatic carbocycles. The largest absolute Gasteiger partial charge is 0.416 e. The molecule has 0 aliphatic heterocycles. The van der Waals surface area contributed by atoms with E-state index in [1.165, 1.54) is 48.5 Å². The fraction of sp³-hybridized carbons (Fsp3) is 0.278. The highest BCUT2D eigenvalue weighted by atomic mass is 32.2. The van der Waals surface area contributed by atoms with E-state index in [1.807, 2.05) is 0 Å². The summed E-state index contributed by atoms with van der Waals surface area (Å²) in [7, 11) is -4.61. The van der Waals surface area contributed by atoms with Gasteiger partial charge in [-0.3, -0.25) is 13.9 Å². The zero-order valence-electron chi connectivity index (χ0n) is 25.9. The monoisotopic (exact) mass is 681 g/mol. The molecule has 4 aromatic rings.